The Morgan fingerprint density at radius 3 is 1.38 bits per heavy atom. The number of aromatic nitrogens is 4. The van der Waals surface area contributed by atoms with E-state index in [0.29, 0.717) is 5.69 Å². The second-order valence-electron chi connectivity index (χ2n) is 11.0. The third-order valence-corrected chi connectivity index (χ3v) is 7.98. The van der Waals surface area contributed by atoms with Crippen LogP contribution in [0.15, 0.2) is 103 Å². The molecule has 0 saturated carbocycles. The molecule has 45 heavy (non-hydrogen) atoms. The molecule has 3 aromatic heterocycles. The zero-order chi connectivity index (χ0) is 30.5. The molecule has 8 rings (SSSR count). The van der Waals surface area contributed by atoms with Gasteiger partial charge in [0.1, 0.15) is 17.2 Å². The normalized spacial score (nSPS) is 12.1. The van der Waals surface area contributed by atoms with E-state index < -0.39 is 0 Å². The number of benzene rings is 3. The summed E-state index contributed by atoms with van der Waals surface area (Å²) in [5.74, 6) is 0.472. The number of hydrogen-bond donors (Lipinski definition) is 5. The van der Waals surface area contributed by atoms with Crippen LogP contribution in [0.3, 0.4) is 0 Å². The molecule has 0 spiro atoms. The molecule has 2 aliphatic heterocycles. The number of fused-ring (bicyclic) bond motifs is 8. The maximum atomic E-state index is 10.5. The van der Waals surface area contributed by atoms with Crippen molar-refractivity contribution in [1.29, 1.82) is 0 Å². The van der Waals surface area contributed by atoms with Crippen molar-refractivity contribution >= 4 is 46.4 Å². The van der Waals surface area contributed by atoms with E-state index in [2.05, 4.69) is 9.97 Å². The lowest BCUT2D eigenvalue weighted by Gasteiger charge is -2.06. The molecule has 0 saturated heterocycles. The first-order chi connectivity index (χ1) is 22.0. The van der Waals surface area contributed by atoms with E-state index in [0.717, 1.165) is 72.5 Å². The molecule has 0 fully saturated rings. The van der Waals surface area contributed by atoms with Gasteiger partial charge in [-0.2, -0.15) is 0 Å². The van der Waals surface area contributed by atoms with E-state index in [9.17, 15) is 15.3 Å². The van der Waals surface area contributed by atoms with Gasteiger partial charge in [0.2, 0.25) is 0 Å². The number of nitrogens with zero attached hydrogens (tertiary/aromatic N) is 2. The largest absolute Gasteiger partial charge is 0.508 e. The van der Waals surface area contributed by atoms with Crippen LogP contribution in [-0.2, 0) is 0 Å². The highest BCUT2D eigenvalue weighted by atomic mass is 16.3. The Morgan fingerprint density at radius 2 is 0.867 bits per heavy atom. The van der Waals surface area contributed by atoms with Crippen LogP contribution in [0.2, 0.25) is 0 Å². The molecule has 5 heterocycles. The Bertz CT molecular complexity index is 2340. The van der Waals surface area contributed by atoms with Crippen LogP contribution in [0.5, 0.6) is 17.2 Å². The predicted molar refractivity (Wildman–Crippen MR) is 180 cm³/mol. The Hall–Kier alpha value is -6.34. The lowest BCUT2D eigenvalue weighted by molar-refractivity contribution is 0.475. The summed E-state index contributed by atoms with van der Waals surface area (Å²) in [5, 5.41) is 31.2. The van der Waals surface area contributed by atoms with Crippen molar-refractivity contribution in [2.45, 2.75) is 0 Å². The number of phenols is 3. The van der Waals surface area contributed by atoms with Crippen LogP contribution >= 0.6 is 0 Å². The van der Waals surface area contributed by atoms with Gasteiger partial charge in [-0.3, -0.25) is 0 Å². The van der Waals surface area contributed by atoms with Crippen LogP contribution in [0.1, 0.15) is 22.8 Å². The van der Waals surface area contributed by atoms with Gasteiger partial charge >= 0.3 is 0 Å². The third-order valence-electron chi connectivity index (χ3n) is 7.98. The summed E-state index contributed by atoms with van der Waals surface area (Å²) >= 11 is 0. The number of aromatic hydroxyl groups is 3. The topological polar surface area (TPSA) is 118 Å². The Labute approximate surface area is 257 Å². The molecule has 216 valence electrons. The molecule has 0 amide bonds. The average Bonchev–Trinajstić information content (AvgIpc) is 3.84. The molecule has 5 N–H and O–H groups in total. The SMILES string of the molecule is Oc1cccc(-c2c3nc(c(-c4cccc(O)c4)c4ccc([nH]4)c(-c4cccc(O)c4)c4nc(cc5ccc2[nH]5)C=C4)C=C3)c1. The molecule has 7 nitrogen and oxygen atoms in total. The smallest absolute Gasteiger partial charge is 0.116 e. The summed E-state index contributed by atoms with van der Waals surface area (Å²) in [6.45, 7) is 0. The van der Waals surface area contributed by atoms with E-state index in [1.54, 1.807) is 36.4 Å². The number of phenolic OH excluding ortho intramolecular Hbond substituents is 3. The fraction of sp³-hybridized carbons (Fsp3) is 0. The van der Waals surface area contributed by atoms with Gasteiger partial charge in [0.25, 0.3) is 0 Å². The first-order valence-electron chi connectivity index (χ1n) is 14.5. The minimum Gasteiger partial charge on any atom is -0.508 e. The van der Waals surface area contributed by atoms with E-state index in [-0.39, 0.29) is 17.2 Å². The van der Waals surface area contributed by atoms with Gasteiger partial charge in [0.15, 0.2) is 0 Å². The Morgan fingerprint density at radius 1 is 0.422 bits per heavy atom. The van der Waals surface area contributed by atoms with Gasteiger partial charge < -0.3 is 25.3 Å². The molecule has 0 aliphatic carbocycles. The van der Waals surface area contributed by atoms with Gasteiger partial charge in [-0.1, -0.05) is 36.4 Å². The summed E-state index contributed by atoms with van der Waals surface area (Å²) in [5.41, 5.74) is 11.1. The summed E-state index contributed by atoms with van der Waals surface area (Å²) in [6, 6.07) is 31.4. The van der Waals surface area contributed by atoms with Crippen molar-refractivity contribution in [3.05, 3.63) is 126 Å². The molecule has 0 radical (unpaired) electrons. The molecule has 0 atom stereocenters. The number of rotatable bonds is 3. The number of hydrogen-bond acceptors (Lipinski definition) is 5. The first kappa shape index (κ1) is 26.3. The Kier molecular flexibility index (Phi) is 6.10. The van der Waals surface area contributed by atoms with E-state index in [1.165, 1.54) is 0 Å². The van der Waals surface area contributed by atoms with Gasteiger partial charge in [0, 0.05) is 38.8 Å². The molecule has 8 bridgehead atoms. The lowest BCUT2D eigenvalue weighted by Crippen LogP contribution is -1.88. The monoisotopic (exact) mass is 586 g/mol. The minimum atomic E-state index is 0.147. The number of nitrogens with one attached hydrogen (secondary N) is 2. The van der Waals surface area contributed by atoms with Gasteiger partial charge in [-0.15, -0.1) is 0 Å². The van der Waals surface area contributed by atoms with Gasteiger partial charge in [-0.25, -0.2) is 9.97 Å². The highest BCUT2D eigenvalue weighted by Crippen LogP contribution is 2.37. The molecule has 7 heteroatoms. The summed E-state index contributed by atoms with van der Waals surface area (Å²) in [7, 11) is 0. The second kappa shape index (κ2) is 10.4. The van der Waals surface area contributed by atoms with Crippen LogP contribution in [0.25, 0.3) is 79.8 Å². The van der Waals surface area contributed by atoms with Crippen molar-refractivity contribution in [3.8, 4) is 50.6 Å². The van der Waals surface area contributed by atoms with Crippen LogP contribution in [-0.4, -0.2) is 35.3 Å². The van der Waals surface area contributed by atoms with Crippen molar-refractivity contribution in [3.63, 3.8) is 0 Å². The Balaban J connectivity index is 1.54. The highest BCUT2D eigenvalue weighted by Gasteiger charge is 2.17. The third kappa shape index (κ3) is 4.82. The predicted octanol–water partition coefficient (Wildman–Crippen LogP) is 8.77. The standard InChI is InChI=1S/C38H26N4O3/c43-27-7-1-4-22(18-27)36-30-12-10-25(39-30)21-26-11-13-31(40-26)37(23-5-2-8-28(44)19-23)33-15-17-35(42-33)38(34-16-14-32(36)41-34)24-6-3-9-29(45)20-24/h1-21,39,42-45H. The fourth-order valence-electron chi connectivity index (χ4n) is 6.03. The highest BCUT2D eigenvalue weighted by molar-refractivity contribution is 5.97. The maximum absolute atomic E-state index is 10.5. The first-order valence-corrected chi connectivity index (χ1v) is 14.5. The molecular weight excluding hydrogens is 560 g/mol. The number of H-pyrrole nitrogens is 2. The molecule has 2 aliphatic rings. The second-order valence-corrected chi connectivity index (χ2v) is 11.0. The maximum Gasteiger partial charge on any atom is 0.116 e. The van der Waals surface area contributed by atoms with Crippen molar-refractivity contribution < 1.29 is 15.3 Å². The van der Waals surface area contributed by atoms with Crippen LogP contribution in [0, 0.1) is 0 Å². The van der Waals surface area contributed by atoms with Crippen LogP contribution in [0.4, 0.5) is 0 Å². The van der Waals surface area contributed by atoms with Crippen molar-refractivity contribution in [2.75, 3.05) is 0 Å². The van der Waals surface area contributed by atoms with E-state index in [4.69, 9.17) is 9.97 Å². The van der Waals surface area contributed by atoms with E-state index >= 15 is 0 Å². The van der Waals surface area contributed by atoms with Gasteiger partial charge in [-0.05, 0) is 108 Å². The quantitative estimate of drug-likeness (QED) is 0.142. The van der Waals surface area contributed by atoms with E-state index in [1.807, 2.05) is 91.0 Å². The number of aromatic amines is 2. The summed E-state index contributed by atoms with van der Waals surface area (Å²) in [4.78, 5) is 17.2. The van der Waals surface area contributed by atoms with Crippen molar-refractivity contribution in [2.24, 2.45) is 0 Å². The van der Waals surface area contributed by atoms with Crippen molar-refractivity contribution in [1.82, 2.24) is 19.9 Å². The zero-order valence-corrected chi connectivity index (χ0v) is 23.9. The van der Waals surface area contributed by atoms with Gasteiger partial charge in [0.05, 0.1) is 22.8 Å². The zero-order valence-electron chi connectivity index (χ0n) is 23.9. The molecular formula is C38H26N4O3. The minimum absolute atomic E-state index is 0.147. The lowest BCUT2D eigenvalue weighted by atomic mass is 10.0. The average molecular weight is 587 g/mol. The summed E-state index contributed by atoms with van der Waals surface area (Å²) in [6.07, 6.45) is 7.88. The fourth-order valence-corrected chi connectivity index (χ4v) is 6.03. The van der Waals surface area contributed by atoms with Crippen LogP contribution < -0.4 is 0 Å². The molecule has 0 unspecified atom stereocenters. The summed E-state index contributed by atoms with van der Waals surface area (Å²) < 4.78 is 0. The molecule has 3 aromatic carbocycles. The molecule has 6 aromatic rings.